The standard InChI is InChI=1S/C18H23ClN4/c19-16-4-6-17(7-5-16)22-11-9-21(10-12-22)14-15-13-20-23-8-2-1-3-18(15)23/h4-7,13H,1-3,8-12,14H2. The van der Waals surface area contributed by atoms with Crippen LogP contribution in [0.2, 0.25) is 5.02 Å². The molecule has 0 unspecified atom stereocenters. The number of aryl methyl sites for hydroxylation is 1. The van der Waals surface area contributed by atoms with Crippen LogP contribution in [0.5, 0.6) is 0 Å². The molecule has 1 fully saturated rings. The van der Waals surface area contributed by atoms with E-state index in [1.54, 1.807) is 0 Å². The summed E-state index contributed by atoms with van der Waals surface area (Å²) in [5.74, 6) is 0. The van der Waals surface area contributed by atoms with Crippen molar-refractivity contribution in [3.63, 3.8) is 0 Å². The van der Waals surface area contributed by atoms with E-state index >= 15 is 0 Å². The number of fused-ring (bicyclic) bond motifs is 1. The molecule has 4 nitrogen and oxygen atoms in total. The van der Waals surface area contributed by atoms with Crippen LogP contribution in [0.25, 0.3) is 0 Å². The summed E-state index contributed by atoms with van der Waals surface area (Å²) < 4.78 is 2.21. The fourth-order valence-electron chi connectivity index (χ4n) is 3.67. The molecule has 1 saturated heterocycles. The Morgan fingerprint density at radius 1 is 0.957 bits per heavy atom. The Hall–Kier alpha value is -1.52. The maximum Gasteiger partial charge on any atom is 0.0537 e. The number of hydrogen-bond donors (Lipinski definition) is 0. The Bertz CT molecular complexity index is 656. The molecule has 2 aliphatic rings. The van der Waals surface area contributed by atoms with Gasteiger partial charge >= 0.3 is 0 Å². The zero-order chi connectivity index (χ0) is 15.6. The Kier molecular flexibility index (Phi) is 4.27. The van der Waals surface area contributed by atoms with E-state index in [4.69, 9.17) is 11.6 Å². The van der Waals surface area contributed by atoms with Crippen LogP contribution >= 0.6 is 11.6 Å². The SMILES string of the molecule is Clc1ccc(N2CCN(Cc3cnn4c3CCCC4)CC2)cc1. The summed E-state index contributed by atoms with van der Waals surface area (Å²) >= 11 is 5.98. The summed E-state index contributed by atoms with van der Waals surface area (Å²) in [6, 6.07) is 8.18. The molecule has 1 aromatic heterocycles. The zero-order valence-corrected chi connectivity index (χ0v) is 14.2. The molecule has 0 aliphatic carbocycles. The summed E-state index contributed by atoms with van der Waals surface area (Å²) in [7, 11) is 0. The van der Waals surface area contributed by atoms with E-state index in [1.807, 2.05) is 12.1 Å². The smallest absolute Gasteiger partial charge is 0.0537 e. The van der Waals surface area contributed by atoms with Gasteiger partial charge < -0.3 is 4.90 Å². The first-order valence-corrected chi connectivity index (χ1v) is 8.94. The number of anilines is 1. The first kappa shape index (κ1) is 15.0. The van der Waals surface area contributed by atoms with E-state index in [1.165, 1.54) is 36.2 Å². The monoisotopic (exact) mass is 330 g/mol. The molecule has 23 heavy (non-hydrogen) atoms. The number of hydrogen-bond acceptors (Lipinski definition) is 3. The van der Waals surface area contributed by atoms with Crippen LogP contribution in [0, 0.1) is 0 Å². The second-order valence-corrected chi connectivity index (χ2v) is 6.97. The van der Waals surface area contributed by atoms with Crippen molar-refractivity contribution >= 4 is 17.3 Å². The average Bonchev–Trinajstić information content (AvgIpc) is 3.00. The van der Waals surface area contributed by atoms with Gasteiger partial charge in [0.25, 0.3) is 0 Å². The molecular formula is C18H23ClN4. The van der Waals surface area contributed by atoms with Crippen molar-refractivity contribution in [1.29, 1.82) is 0 Å². The molecule has 1 aromatic carbocycles. The molecule has 0 saturated carbocycles. The predicted octanol–water partition coefficient (Wildman–Crippen LogP) is 3.20. The van der Waals surface area contributed by atoms with E-state index < -0.39 is 0 Å². The van der Waals surface area contributed by atoms with Crippen LogP contribution in [0.3, 0.4) is 0 Å². The third kappa shape index (κ3) is 3.24. The number of benzene rings is 1. The molecule has 0 spiro atoms. The van der Waals surface area contributed by atoms with Crippen LogP contribution in [0.1, 0.15) is 24.1 Å². The Morgan fingerprint density at radius 3 is 2.52 bits per heavy atom. The van der Waals surface area contributed by atoms with Crippen molar-refractivity contribution in [2.24, 2.45) is 0 Å². The highest BCUT2D eigenvalue weighted by Gasteiger charge is 2.20. The van der Waals surface area contributed by atoms with E-state index in [9.17, 15) is 0 Å². The number of nitrogens with zero attached hydrogens (tertiary/aromatic N) is 4. The lowest BCUT2D eigenvalue weighted by atomic mass is 10.1. The second kappa shape index (κ2) is 6.54. The molecule has 0 bridgehead atoms. The number of aromatic nitrogens is 2. The van der Waals surface area contributed by atoms with Gasteiger partial charge in [-0.2, -0.15) is 5.10 Å². The van der Waals surface area contributed by atoms with Gasteiger partial charge in [0.2, 0.25) is 0 Å². The lowest BCUT2D eigenvalue weighted by Gasteiger charge is -2.36. The van der Waals surface area contributed by atoms with E-state index in [2.05, 4.69) is 37.9 Å². The van der Waals surface area contributed by atoms with Gasteiger partial charge in [0.05, 0.1) is 6.20 Å². The zero-order valence-electron chi connectivity index (χ0n) is 13.4. The van der Waals surface area contributed by atoms with Crippen LogP contribution in [0.4, 0.5) is 5.69 Å². The van der Waals surface area contributed by atoms with E-state index in [-0.39, 0.29) is 0 Å². The Balaban J connectivity index is 1.36. The highest BCUT2D eigenvalue weighted by atomic mass is 35.5. The molecule has 0 amide bonds. The van der Waals surface area contributed by atoms with E-state index in [0.717, 1.165) is 44.3 Å². The first-order chi connectivity index (χ1) is 11.3. The molecule has 0 N–H and O–H groups in total. The van der Waals surface area contributed by atoms with Crippen molar-refractivity contribution in [2.45, 2.75) is 32.4 Å². The van der Waals surface area contributed by atoms with Crippen LogP contribution in [-0.4, -0.2) is 40.9 Å². The van der Waals surface area contributed by atoms with Crippen molar-refractivity contribution in [3.8, 4) is 0 Å². The summed E-state index contributed by atoms with van der Waals surface area (Å²) in [6.45, 7) is 6.50. The molecule has 2 aromatic rings. The molecule has 0 radical (unpaired) electrons. The highest BCUT2D eigenvalue weighted by Crippen LogP contribution is 2.22. The fourth-order valence-corrected chi connectivity index (χ4v) is 3.80. The Labute approximate surface area is 142 Å². The molecule has 3 heterocycles. The van der Waals surface area contributed by atoms with Gasteiger partial charge in [-0.15, -0.1) is 0 Å². The van der Waals surface area contributed by atoms with E-state index in [0.29, 0.717) is 0 Å². The van der Waals surface area contributed by atoms with Crippen molar-refractivity contribution in [1.82, 2.24) is 14.7 Å². The van der Waals surface area contributed by atoms with Crippen molar-refractivity contribution in [2.75, 3.05) is 31.1 Å². The minimum Gasteiger partial charge on any atom is -0.369 e. The van der Waals surface area contributed by atoms with Crippen LogP contribution in [0.15, 0.2) is 30.5 Å². The number of halogens is 1. The first-order valence-electron chi connectivity index (χ1n) is 8.56. The van der Waals surface area contributed by atoms with Gasteiger partial charge in [-0.05, 0) is 43.5 Å². The molecule has 0 atom stereocenters. The van der Waals surface area contributed by atoms with Gasteiger partial charge in [0.1, 0.15) is 0 Å². The van der Waals surface area contributed by atoms with Crippen molar-refractivity contribution in [3.05, 3.63) is 46.7 Å². The quantitative estimate of drug-likeness (QED) is 0.863. The minimum atomic E-state index is 0.804. The van der Waals surface area contributed by atoms with Crippen molar-refractivity contribution < 1.29 is 0 Å². The third-order valence-electron chi connectivity index (χ3n) is 5.03. The maximum atomic E-state index is 5.98. The van der Waals surface area contributed by atoms with Crippen LogP contribution < -0.4 is 4.90 Å². The van der Waals surface area contributed by atoms with Crippen LogP contribution in [-0.2, 0) is 19.5 Å². The molecule has 2 aliphatic heterocycles. The van der Waals surface area contributed by atoms with Gasteiger partial charge in [0, 0.05) is 61.2 Å². The fraction of sp³-hybridized carbons (Fsp3) is 0.500. The lowest BCUT2D eigenvalue weighted by Crippen LogP contribution is -2.46. The topological polar surface area (TPSA) is 24.3 Å². The average molecular weight is 331 g/mol. The van der Waals surface area contributed by atoms with Gasteiger partial charge in [-0.3, -0.25) is 9.58 Å². The normalized spacial score (nSPS) is 18.9. The van der Waals surface area contributed by atoms with Gasteiger partial charge in [-0.1, -0.05) is 11.6 Å². The Morgan fingerprint density at radius 2 is 1.74 bits per heavy atom. The second-order valence-electron chi connectivity index (χ2n) is 6.54. The molecule has 122 valence electrons. The summed E-state index contributed by atoms with van der Waals surface area (Å²) in [6.07, 6.45) is 5.86. The number of piperazine rings is 1. The predicted molar refractivity (Wildman–Crippen MR) is 94.1 cm³/mol. The molecule has 4 rings (SSSR count). The highest BCUT2D eigenvalue weighted by molar-refractivity contribution is 6.30. The summed E-state index contributed by atoms with van der Waals surface area (Å²) in [5, 5.41) is 5.36. The maximum absolute atomic E-state index is 5.98. The largest absolute Gasteiger partial charge is 0.369 e. The summed E-state index contributed by atoms with van der Waals surface area (Å²) in [5.41, 5.74) is 4.18. The molecule has 5 heteroatoms. The summed E-state index contributed by atoms with van der Waals surface area (Å²) in [4.78, 5) is 5.00. The number of rotatable bonds is 3. The lowest BCUT2D eigenvalue weighted by molar-refractivity contribution is 0.248. The van der Waals surface area contributed by atoms with Gasteiger partial charge in [-0.25, -0.2) is 0 Å². The third-order valence-corrected chi connectivity index (χ3v) is 5.28. The minimum absolute atomic E-state index is 0.804. The molecular weight excluding hydrogens is 308 g/mol. The van der Waals surface area contributed by atoms with Gasteiger partial charge in [0.15, 0.2) is 0 Å².